The van der Waals surface area contributed by atoms with Gasteiger partial charge in [-0.05, 0) is 62.2 Å². The highest BCUT2D eigenvalue weighted by Crippen LogP contribution is 2.35. The topological polar surface area (TPSA) is 159 Å². The summed E-state index contributed by atoms with van der Waals surface area (Å²) in [6.07, 6.45) is 0.533. The Labute approximate surface area is 272 Å². The monoisotopic (exact) mass is 636 g/mol. The van der Waals surface area contributed by atoms with Gasteiger partial charge >= 0.3 is 12.0 Å². The number of nitriles is 1. The van der Waals surface area contributed by atoms with Gasteiger partial charge in [0.2, 0.25) is 0 Å². The number of aliphatic hydroxyl groups is 1. The number of fused-ring (bicyclic) bond motifs is 1. The lowest BCUT2D eigenvalue weighted by Crippen LogP contribution is -2.45. The van der Waals surface area contributed by atoms with Crippen molar-refractivity contribution in [3.8, 4) is 17.6 Å². The number of ether oxygens (including phenoxy) is 3. The number of carbonyl (C=O) groups excluding carboxylic acids is 2. The van der Waals surface area contributed by atoms with Crippen LogP contribution in [0.3, 0.4) is 0 Å². The molecule has 0 saturated heterocycles. The third kappa shape index (κ3) is 7.21. The number of esters is 1. The molecule has 4 N–H and O–H groups in total. The van der Waals surface area contributed by atoms with Crippen molar-refractivity contribution >= 4 is 29.1 Å². The number of amides is 2. The van der Waals surface area contributed by atoms with E-state index in [0.29, 0.717) is 41.5 Å². The van der Waals surface area contributed by atoms with Crippen LogP contribution in [0.5, 0.6) is 11.5 Å². The quantitative estimate of drug-likeness (QED) is 0.0771. The van der Waals surface area contributed by atoms with Crippen molar-refractivity contribution in [2.45, 2.75) is 39.6 Å². The van der Waals surface area contributed by atoms with E-state index in [1.165, 1.54) is 7.11 Å². The van der Waals surface area contributed by atoms with Crippen LogP contribution in [0.4, 0.5) is 4.79 Å². The summed E-state index contributed by atoms with van der Waals surface area (Å²) in [5.41, 5.74) is 8.61. The van der Waals surface area contributed by atoms with E-state index in [9.17, 15) is 14.7 Å². The minimum absolute atomic E-state index is 0.146. The number of nitrogens with one attached hydrogen (secondary N) is 3. The summed E-state index contributed by atoms with van der Waals surface area (Å²) in [7, 11) is 1.28. The Balaban J connectivity index is 1.28. The highest BCUT2D eigenvalue weighted by molar-refractivity contribution is 6.01. The Bertz CT molecular complexity index is 1890. The Morgan fingerprint density at radius 3 is 2.62 bits per heavy atom. The van der Waals surface area contributed by atoms with Gasteiger partial charge in [0.1, 0.15) is 6.61 Å². The number of para-hydroxylation sites is 1. The van der Waals surface area contributed by atoms with Gasteiger partial charge in [0.15, 0.2) is 17.7 Å². The number of nitrogens with zero attached hydrogens (tertiary/aromatic N) is 3. The zero-order valence-corrected chi connectivity index (χ0v) is 26.5. The van der Waals surface area contributed by atoms with E-state index in [1.54, 1.807) is 31.3 Å². The molecule has 2 atom stereocenters. The number of urea groups is 1. The molecule has 3 aromatic carbocycles. The summed E-state index contributed by atoms with van der Waals surface area (Å²) in [4.78, 5) is 24.7. The fourth-order valence-electron chi connectivity index (χ4n) is 5.50. The van der Waals surface area contributed by atoms with Crippen molar-refractivity contribution in [2.24, 2.45) is 5.10 Å². The summed E-state index contributed by atoms with van der Waals surface area (Å²) < 4.78 is 18.8. The molecule has 0 aliphatic carbocycles. The predicted molar refractivity (Wildman–Crippen MR) is 176 cm³/mol. The first kappa shape index (κ1) is 32.6. The Kier molecular flexibility index (Phi) is 10.1. The maximum atomic E-state index is 12.5. The van der Waals surface area contributed by atoms with E-state index in [4.69, 9.17) is 19.5 Å². The van der Waals surface area contributed by atoms with Crippen LogP contribution in [0, 0.1) is 18.3 Å². The summed E-state index contributed by atoms with van der Waals surface area (Å²) in [6.45, 7) is 6.28. The number of hydrogen-bond donors (Lipinski definition) is 4. The van der Waals surface area contributed by atoms with Crippen LogP contribution in [0.25, 0.3) is 10.9 Å². The van der Waals surface area contributed by atoms with Crippen LogP contribution in [0.1, 0.15) is 47.8 Å². The third-order valence-electron chi connectivity index (χ3n) is 7.79. The minimum atomic E-state index is -1.15. The minimum Gasteiger partial charge on any atom is -0.490 e. The van der Waals surface area contributed by atoms with E-state index >= 15 is 0 Å². The number of hydrazone groups is 1. The number of allylic oxidation sites excluding steroid dienone is 1. The first-order chi connectivity index (χ1) is 22.7. The van der Waals surface area contributed by atoms with E-state index < -0.39 is 24.3 Å². The highest BCUT2D eigenvalue weighted by atomic mass is 16.5. The summed E-state index contributed by atoms with van der Waals surface area (Å²) in [5, 5.41) is 30.4. The van der Waals surface area contributed by atoms with E-state index in [0.717, 1.165) is 27.7 Å². The number of hydrogen-bond acceptors (Lipinski definition) is 9. The lowest BCUT2D eigenvalue weighted by molar-refractivity contribution is -0.136. The van der Waals surface area contributed by atoms with Crippen LogP contribution in [-0.4, -0.2) is 54.4 Å². The van der Waals surface area contributed by atoms with Crippen molar-refractivity contribution in [1.82, 2.24) is 20.6 Å². The largest absolute Gasteiger partial charge is 0.490 e. The molecule has 0 saturated carbocycles. The van der Waals surface area contributed by atoms with E-state index in [-0.39, 0.29) is 12.2 Å². The molecule has 12 heteroatoms. The summed E-state index contributed by atoms with van der Waals surface area (Å²) in [5.74, 6) is 0.169. The molecular formula is C35H36N6O6. The molecule has 5 rings (SSSR count). The number of carbonyl (C=O) groups is 2. The molecule has 47 heavy (non-hydrogen) atoms. The Morgan fingerprint density at radius 2 is 1.89 bits per heavy atom. The van der Waals surface area contributed by atoms with Gasteiger partial charge in [0, 0.05) is 34.4 Å². The smallest absolute Gasteiger partial charge is 0.337 e. The van der Waals surface area contributed by atoms with Crippen molar-refractivity contribution in [1.29, 1.82) is 5.26 Å². The van der Waals surface area contributed by atoms with Crippen LogP contribution in [-0.2, 0) is 16.1 Å². The van der Waals surface area contributed by atoms with Crippen molar-refractivity contribution < 1.29 is 28.9 Å². The highest BCUT2D eigenvalue weighted by Gasteiger charge is 2.32. The predicted octanol–water partition coefficient (Wildman–Crippen LogP) is 4.39. The fourth-order valence-corrected chi connectivity index (χ4v) is 5.50. The van der Waals surface area contributed by atoms with Gasteiger partial charge in [-0.25, -0.2) is 9.59 Å². The molecule has 242 valence electrons. The SMILES string of the molecule is CCOc1cc([C@H]2NC(=O)NC(C)=C2C(=O)OC)ccc1OC[C@@H](O)N/N=C/c1c(C)n(Cc2ccc(C#N)cc2)c2ccccc12. The van der Waals surface area contributed by atoms with Gasteiger partial charge in [0.25, 0.3) is 0 Å². The van der Waals surface area contributed by atoms with Gasteiger partial charge in [0.05, 0.1) is 43.2 Å². The lowest BCUT2D eigenvalue weighted by Gasteiger charge is -2.28. The van der Waals surface area contributed by atoms with Crippen molar-refractivity contribution in [3.05, 3.63) is 106 Å². The molecule has 4 aromatic rings. The number of rotatable bonds is 12. The van der Waals surface area contributed by atoms with Crippen LogP contribution >= 0.6 is 0 Å². The molecule has 1 aliphatic heterocycles. The zero-order chi connectivity index (χ0) is 33.5. The average Bonchev–Trinajstić information content (AvgIpc) is 3.33. The number of benzene rings is 3. The normalized spacial score (nSPS) is 15.1. The third-order valence-corrected chi connectivity index (χ3v) is 7.79. The van der Waals surface area contributed by atoms with Gasteiger partial charge in [-0.1, -0.05) is 36.4 Å². The molecule has 1 aliphatic rings. The second-order valence-electron chi connectivity index (χ2n) is 10.8. The molecule has 2 amide bonds. The molecule has 0 radical (unpaired) electrons. The number of aromatic nitrogens is 1. The van der Waals surface area contributed by atoms with Gasteiger partial charge in [-0.2, -0.15) is 10.4 Å². The molecule has 0 unspecified atom stereocenters. The Morgan fingerprint density at radius 1 is 1.13 bits per heavy atom. The van der Waals surface area contributed by atoms with Crippen LogP contribution in [0.15, 0.2) is 83.1 Å². The van der Waals surface area contributed by atoms with Gasteiger partial charge in [-0.3, -0.25) is 5.43 Å². The summed E-state index contributed by atoms with van der Waals surface area (Å²) in [6, 6.07) is 21.5. The summed E-state index contributed by atoms with van der Waals surface area (Å²) >= 11 is 0. The second kappa shape index (κ2) is 14.5. The maximum Gasteiger partial charge on any atom is 0.337 e. The first-order valence-electron chi connectivity index (χ1n) is 15.0. The van der Waals surface area contributed by atoms with Crippen molar-refractivity contribution in [3.63, 3.8) is 0 Å². The molecule has 2 heterocycles. The lowest BCUT2D eigenvalue weighted by atomic mass is 9.95. The Hall–Kier alpha value is -5.80. The van der Waals surface area contributed by atoms with Crippen LogP contribution < -0.4 is 25.5 Å². The molecule has 12 nitrogen and oxygen atoms in total. The molecular weight excluding hydrogens is 600 g/mol. The van der Waals surface area contributed by atoms with Crippen LogP contribution in [0.2, 0.25) is 0 Å². The zero-order valence-electron chi connectivity index (χ0n) is 26.5. The standard InChI is InChI=1S/C35H36N6O6/c1-5-46-30-16-25(33-32(34(43)45-4)21(2)38-35(44)39-33)14-15-29(30)47-20-31(42)40-37-18-27-22(3)41(28-9-7-6-8-26(27)28)19-24-12-10-23(17-36)11-13-24/h6-16,18,31,33,40,42H,5,19-20H2,1-4H3,(H2,38,39,44)/b37-18+/t31-,33-/m1/s1. The number of aliphatic hydroxyl groups excluding tert-OH is 1. The van der Waals surface area contributed by atoms with E-state index in [2.05, 4.69) is 31.8 Å². The molecule has 0 bridgehead atoms. The van der Waals surface area contributed by atoms with Gasteiger partial charge < -0.3 is 34.5 Å². The average molecular weight is 637 g/mol. The number of methoxy groups -OCH3 is 1. The molecule has 1 aromatic heterocycles. The van der Waals surface area contributed by atoms with E-state index in [1.807, 2.05) is 62.4 Å². The first-order valence-corrected chi connectivity index (χ1v) is 15.0. The molecule has 0 spiro atoms. The molecule has 0 fully saturated rings. The maximum absolute atomic E-state index is 12.5. The van der Waals surface area contributed by atoms with Gasteiger partial charge in [-0.15, -0.1) is 0 Å². The fraction of sp³-hybridized carbons (Fsp3) is 0.257. The second-order valence-corrected chi connectivity index (χ2v) is 10.8. The van der Waals surface area contributed by atoms with Crippen molar-refractivity contribution in [2.75, 3.05) is 20.3 Å².